The molecule has 1 heterocycles. The Kier molecular flexibility index (Phi) is 4.23. The summed E-state index contributed by atoms with van der Waals surface area (Å²) in [6.45, 7) is 2.33. The standard InChI is InChI=1S/C18H18N2O3/c1-12(14-7-4-5-9-16(14)19)23-20-10-13-6-2-3-8-15(13)18(20)17(22)11-21/h2-9,11-12,18H,10,19H2,1H3. The predicted octanol–water partition coefficient (Wildman–Crippen LogP) is 2.59. The van der Waals surface area contributed by atoms with Crippen molar-refractivity contribution in [3.8, 4) is 0 Å². The van der Waals surface area contributed by atoms with Gasteiger partial charge in [-0.05, 0) is 24.1 Å². The highest BCUT2D eigenvalue weighted by atomic mass is 16.7. The van der Waals surface area contributed by atoms with Crippen LogP contribution in [0.4, 0.5) is 5.69 Å². The molecule has 3 rings (SSSR count). The van der Waals surface area contributed by atoms with Gasteiger partial charge in [-0.2, -0.15) is 5.06 Å². The minimum atomic E-state index is -0.698. The molecule has 5 heteroatoms. The van der Waals surface area contributed by atoms with E-state index < -0.39 is 11.8 Å². The maximum atomic E-state index is 12.1. The summed E-state index contributed by atoms with van der Waals surface area (Å²) in [5, 5.41) is 1.57. The average Bonchev–Trinajstić information content (AvgIpc) is 2.92. The van der Waals surface area contributed by atoms with Gasteiger partial charge in [0.05, 0.1) is 6.54 Å². The number of rotatable bonds is 5. The number of hydroxylamine groups is 2. The van der Waals surface area contributed by atoms with E-state index in [2.05, 4.69) is 0 Å². The molecule has 0 radical (unpaired) electrons. The van der Waals surface area contributed by atoms with Crippen LogP contribution in [0.25, 0.3) is 0 Å². The first-order valence-electron chi connectivity index (χ1n) is 7.46. The number of nitrogens with zero attached hydrogens (tertiary/aromatic N) is 1. The number of ketones is 1. The molecular weight excluding hydrogens is 292 g/mol. The Hall–Kier alpha value is -2.50. The summed E-state index contributed by atoms with van der Waals surface area (Å²) in [6, 6.07) is 14.3. The van der Waals surface area contributed by atoms with Crippen LogP contribution in [0, 0.1) is 0 Å². The van der Waals surface area contributed by atoms with Crippen LogP contribution >= 0.6 is 0 Å². The van der Waals surface area contributed by atoms with Gasteiger partial charge in [0.25, 0.3) is 0 Å². The number of Topliss-reactive ketones (excluding diaryl/α,β-unsaturated/α-hetero) is 1. The summed E-state index contributed by atoms with van der Waals surface area (Å²) in [7, 11) is 0. The molecule has 2 N–H and O–H groups in total. The molecule has 0 amide bonds. The van der Waals surface area contributed by atoms with E-state index >= 15 is 0 Å². The van der Waals surface area contributed by atoms with Gasteiger partial charge < -0.3 is 5.73 Å². The molecule has 0 bridgehead atoms. The number of aldehydes is 1. The maximum absolute atomic E-state index is 12.1. The van der Waals surface area contributed by atoms with Crippen molar-refractivity contribution < 1.29 is 14.4 Å². The first-order chi connectivity index (χ1) is 11.1. The predicted molar refractivity (Wildman–Crippen MR) is 86.2 cm³/mol. The Labute approximate surface area is 134 Å². The third kappa shape index (κ3) is 2.88. The summed E-state index contributed by atoms with van der Waals surface area (Å²) < 4.78 is 0. The van der Waals surface area contributed by atoms with Crippen molar-refractivity contribution in [2.45, 2.75) is 25.6 Å². The number of hydrogen-bond donors (Lipinski definition) is 1. The van der Waals surface area contributed by atoms with Gasteiger partial charge in [0.2, 0.25) is 5.78 Å². The van der Waals surface area contributed by atoms with Crippen molar-refractivity contribution in [3.05, 3.63) is 65.2 Å². The van der Waals surface area contributed by atoms with Gasteiger partial charge in [0.15, 0.2) is 6.29 Å². The number of fused-ring (bicyclic) bond motifs is 1. The van der Waals surface area contributed by atoms with Crippen LogP contribution in [0.15, 0.2) is 48.5 Å². The largest absolute Gasteiger partial charge is 0.398 e. The van der Waals surface area contributed by atoms with Gasteiger partial charge in [0, 0.05) is 11.3 Å². The van der Waals surface area contributed by atoms with E-state index in [4.69, 9.17) is 10.6 Å². The Balaban J connectivity index is 1.86. The van der Waals surface area contributed by atoms with Gasteiger partial charge >= 0.3 is 0 Å². The lowest BCUT2D eigenvalue weighted by Crippen LogP contribution is -2.30. The summed E-state index contributed by atoms with van der Waals surface area (Å²) in [6.07, 6.45) is 0.0254. The highest BCUT2D eigenvalue weighted by Gasteiger charge is 2.37. The number of anilines is 1. The first kappa shape index (κ1) is 15.4. The molecule has 2 unspecified atom stereocenters. The second kappa shape index (κ2) is 6.32. The molecule has 0 spiro atoms. The molecule has 5 nitrogen and oxygen atoms in total. The molecule has 0 fully saturated rings. The molecule has 2 aromatic rings. The Bertz CT molecular complexity index is 745. The minimum absolute atomic E-state index is 0.326. The van der Waals surface area contributed by atoms with Gasteiger partial charge in [-0.3, -0.25) is 14.4 Å². The lowest BCUT2D eigenvalue weighted by atomic mass is 10.0. The zero-order valence-electron chi connectivity index (χ0n) is 12.8. The molecule has 0 saturated heterocycles. The van der Waals surface area contributed by atoms with E-state index in [9.17, 15) is 9.59 Å². The van der Waals surface area contributed by atoms with E-state index in [0.29, 0.717) is 18.5 Å². The van der Waals surface area contributed by atoms with Crippen LogP contribution in [-0.4, -0.2) is 17.1 Å². The quantitative estimate of drug-likeness (QED) is 0.522. The topological polar surface area (TPSA) is 72.6 Å². The number of carbonyl (C=O) groups is 2. The molecule has 2 aromatic carbocycles. The zero-order chi connectivity index (χ0) is 16.4. The zero-order valence-corrected chi connectivity index (χ0v) is 12.8. The van der Waals surface area contributed by atoms with Crippen molar-refractivity contribution >= 4 is 17.8 Å². The number of nitrogens with two attached hydrogens (primary N) is 1. The van der Waals surface area contributed by atoms with E-state index in [1.54, 1.807) is 5.06 Å². The fourth-order valence-corrected chi connectivity index (χ4v) is 2.96. The Morgan fingerprint density at radius 3 is 2.70 bits per heavy atom. The normalized spacial score (nSPS) is 18.4. The Morgan fingerprint density at radius 1 is 1.26 bits per heavy atom. The smallest absolute Gasteiger partial charge is 0.219 e. The summed E-state index contributed by atoms with van der Waals surface area (Å²) in [4.78, 5) is 29.0. The van der Waals surface area contributed by atoms with Crippen LogP contribution in [-0.2, 0) is 21.0 Å². The van der Waals surface area contributed by atoms with Crippen LogP contribution in [0.2, 0.25) is 0 Å². The van der Waals surface area contributed by atoms with Crippen LogP contribution < -0.4 is 5.73 Å². The van der Waals surface area contributed by atoms with Crippen molar-refractivity contribution in [1.82, 2.24) is 5.06 Å². The molecule has 0 aromatic heterocycles. The van der Waals surface area contributed by atoms with Crippen molar-refractivity contribution in [2.75, 3.05) is 5.73 Å². The number of hydrogen-bond acceptors (Lipinski definition) is 5. The Morgan fingerprint density at radius 2 is 1.96 bits per heavy atom. The van der Waals surface area contributed by atoms with Crippen LogP contribution in [0.1, 0.15) is 35.8 Å². The van der Waals surface area contributed by atoms with E-state index in [1.807, 2.05) is 55.5 Å². The second-order valence-corrected chi connectivity index (χ2v) is 5.57. The monoisotopic (exact) mass is 310 g/mol. The van der Waals surface area contributed by atoms with Gasteiger partial charge in [0.1, 0.15) is 12.1 Å². The lowest BCUT2D eigenvalue weighted by Gasteiger charge is -2.26. The highest BCUT2D eigenvalue weighted by molar-refractivity contribution is 6.27. The van der Waals surface area contributed by atoms with E-state index in [0.717, 1.165) is 16.7 Å². The fourth-order valence-electron chi connectivity index (χ4n) is 2.96. The lowest BCUT2D eigenvalue weighted by molar-refractivity contribution is -0.218. The molecule has 0 aliphatic carbocycles. The molecule has 23 heavy (non-hydrogen) atoms. The molecular formula is C18H18N2O3. The summed E-state index contributed by atoms with van der Waals surface area (Å²) in [5.41, 5.74) is 9.27. The van der Waals surface area contributed by atoms with Crippen LogP contribution in [0.3, 0.4) is 0 Å². The molecule has 0 saturated carbocycles. The van der Waals surface area contributed by atoms with Gasteiger partial charge in [-0.25, -0.2) is 0 Å². The third-order valence-corrected chi connectivity index (χ3v) is 4.08. The second-order valence-electron chi connectivity index (χ2n) is 5.57. The van der Waals surface area contributed by atoms with Gasteiger partial charge in [-0.15, -0.1) is 0 Å². The molecule has 1 aliphatic rings. The number of benzene rings is 2. The van der Waals surface area contributed by atoms with Crippen molar-refractivity contribution in [1.29, 1.82) is 0 Å². The summed E-state index contributed by atoms with van der Waals surface area (Å²) in [5.74, 6) is -0.511. The van der Waals surface area contributed by atoms with E-state index in [1.165, 1.54) is 0 Å². The molecule has 118 valence electrons. The maximum Gasteiger partial charge on any atom is 0.219 e. The third-order valence-electron chi connectivity index (χ3n) is 4.08. The SMILES string of the molecule is CC(ON1Cc2ccccc2C1C(=O)C=O)c1ccccc1N. The molecule has 2 atom stereocenters. The number of nitrogen functional groups attached to an aromatic ring is 1. The van der Waals surface area contributed by atoms with Crippen molar-refractivity contribution in [2.24, 2.45) is 0 Å². The highest BCUT2D eigenvalue weighted by Crippen LogP contribution is 2.37. The number of para-hydroxylation sites is 1. The fraction of sp³-hybridized carbons (Fsp3) is 0.222. The number of carbonyl (C=O) groups excluding carboxylic acids is 2. The molecule has 1 aliphatic heterocycles. The van der Waals surface area contributed by atoms with Crippen molar-refractivity contribution in [3.63, 3.8) is 0 Å². The minimum Gasteiger partial charge on any atom is -0.398 e. The average molecular weight is 310 g/mol. The van der Waals surface area contributed by atoms with Gasteiger partial charge in [-0.1, -0.05) is 42.5 Å². The van der Waals surface area contributed by atoms with Crippen LogP contribution in [0.5, 0.6) is 0 Å². The van der Waals surface area contributed by atoms with E-state index in [-0.39, 0.29) is 6.10 Å². The first-order valence-corrected chi connectivity index (χ1v) is 7.46. The summed E-state index contributed by atoms with van der Waals surface area (Å²) >= 11 is 0.